The summed E-state index contributed by atoms with van der Waals surface area (Å²) >= 11 is 3.52. The fourth-order valence-electron chi connectivity index (χ4n) is 0.287. The first-order chi connectivity index (χ1) is 5.11. The Bertz CT molecular complexity index is 157. The second-order valence-electron chi connectivity index (χ2n) is 1.65. The number of ether oxygens (including phenoxy) is 1. The Hall–Kier alpha value is -0.590. The highest BCUT2D eigenvalue weighted by Crippen LogP contribution is 1.89. The minimum atomic E-state index is -1.65. The van der Waals surface area contributed by atoms with Gasteiger partial charge in [0.25, 0.3) is 0 Å². The average molecular weight is 180 g/mol. The zero-order chi connectivity index (χ0) is 8.85. The number of esters is 2. The highest BCUT2D eigenvalue weighted by molar-refractivity contribution is 7.81. The van der Waals surface area contributed by atoms with Crippen LogP contribution >= 0.6 is 12.6 Å². The van der Waals surface area contributed by atoms with Gasteiger partial charge in [-0.2, -0.15) is 12.6 Å². The molecule has 6 heteroatoms. The largest absolute Gasteiger partial charge is 0.393 e. The normalized spacial score (nSPS) is 12.3. The van der Waals surface area contributed by atoms with Gasteiger partial charge in [0.1, 0.15) is 0 Å². The molecule has 0 fully saturated rings. The third-order valence-electron chi connectivity index (χ3n) is 0.789. The van der Waals surface area contributed by atoms with E-state index < -0.39 is 24.6 Å². The quantitative estimate of drug-likeness (QED) is 0.275. The summed E-state index contributed by atoms with van der Waals surface area (Å²) in [5.74, 6) is -2.26. The van der Waals surface area contributed by atoms with Crippen molar-refractivity contribution in [1.82, 2.24) is 0 Å². The summed E-state index contributed by atoms with van der Waals surface area (Å²) in [5, 5.41) is 16.8. The van der Waals surface area contributed by atoms with Gasteiger partial charge in [-0.15, -0.1) is 0 Å². The van der Waals surface area contributed by atoms with Crippen LogP contribution in [0, 0.1) is 0 Å². The zero-order valence-corrected chi connectivity index (χ0v) is 6.45. The number of thiol groups is 1. The van der Waals surface area contributed by atoms with Crippen LogP contribution < -0.4 is 0 Å². The Morgan fingerprint density at radius 3 is 2.45 bits per heavy atom. The molecule has 0 saturated carbocycles. The summed E-state index contributed by atoms with van der Waals surface area (Å²) in [6.45, 7) is -0.765. The molecule has 64 valence electrons. The van der Waals surface area contributed by atoms with Gasteiger partial charge >= 0.3 is 11.9 Å². The van der Waals surface area contributed by atoms with Gasteiger partial charge in [-0.3, -0.25) is 4.79 Å². The van der Waals surface area contributed by atoms with Crippen molar-refractivity contribution in [2.75, 3.05) is 12.4 Å². The third-order valence-corrected chi connectivity index (χ3v) is 1.05. The molecule has 0 aliphatic rings. The molecule has 0 radical (unpaired) electrons. The lowest BCUT2D eigenvalue weighted by atomic mass is 10.4. The van der Waals surface area contributed by atoms with Crippen molar-refractivity contribution in [3.63, 3.8) is 0 Å². The van der Waals surface area contributed by atoms with Crippen LogP contribution in [0.25, 0.3) is 0 Å². The Morgan fingerprint density at radius 2 is 2.09 bits per heavy atom. The number of aliphatic hydroxyl groups excluding tert-OH is 2. The van der Waals surface area contributed by atoms with Crippen molar-refractivity contribution in [3.8, 4) is 0 Å². The van der Waals surface area contributed by atoms with Crippen molar-refractivity contribution in [2.24, 2.45) is 0 Å². The van der Waals surface area contributed by atoms with Crippen LogP contribution in [0.5, 0.6) is 0 Å². The molecule has 0 aromatic rings. The molecule has 0 aromatic carbocycles. The smallest absolute Gasteiger partial charge is 0.345 e. The number of carbonyl (C=O) groups is 2. The summed E-state index contributed by atoms with van der Waals surface area (Å²) in [6.07, 6.45) is -1.65. The van der Waals surface area contributed by atoms with E-state index in [1.807, 2.05) is 0 Å². The number of hydrogen-bond acceptors (Lipinski definition) is 6. The molecule has 0 aromatic heterocycles. The molecular weight excluding hydrogens is 172 g/mol. The molecule has 2 N–H and O–H groups in total. The van der Waals surface area contributed by atoms with Gasteiger partial charge in [-0.25, -0.2) is 4.79 Å². The van der Waals surface area contributed by atoms with Gasteiger partial charge < -0.3 is 14.9 Å². The zero-order valence-electron chi connectivity index (χ0n) is 5.56. The van der Waals surface area contributed by atoms with E-state index >= 15 is 0 Å². The summed E-state index contributed by atoms with van der Waals surface area (Å²) in [4.78, 5) is 20.8. The second kappa shape index (κ2) is 5.11. The molecule has 0 amide bonds. The predicted octanol–water partition coefficient (Wildman–Crippen LogP) is -1.66. The molecule has 1 unspecified atom stereocenters. The first kappa shape index (κ1) is 10.4. The highest BCUT2D eigenvalue weighted by Gasteiger charge is 2.17. The monoisotopic (exact) mass is 180 g/mol. The van der Waals surface area contributed by atoms with Crippen molar-refractivity contribution in [3.05, 3.63) is 0 Å². The van der Waals surface area contributed by atoms with Crippen molar-refractivity contribution < 1.29 is 24.5 Å². The summed E-state index contributed by atoms with van der Waals surface area (Å²) in [6, 6.07) is 0. The van der Waals surface area contributed by atoms with E-state index in [0.717, 1.165) is 0 Å². The minimum absolute atomic E-state index is 0.246. The molecule has 0 saturated heterocycles. The van der Waals surface area contributed by atoms with Gasteiger partial charge in [0, 0.05) is 0 Å². The lowest BCUT2D eigenvalue weighted by Crippen LogP contribution is -2.29. The summed E-state index contributed by atoms with van der Waals surface area (Å²) in [7, 11) is 0. The van der Waals surface area contributed by atoms with E-state index in [-0.39, 0.29) is 5.75 Å². The minimum Gasteiger partial charge on any atom is -0.393 e. The van der Waals surface area contributed by atoms with Crippen LogP contribution in [0.2, 0.25) is 0 Å². The van der Waals surface area contributed by atoms with Gasteiger partial charge in [-0.05, 0) is 0 Å². The second-order valence-corrected chi connectivity index (χ2v) is 1.97. The molecule has 1 atom stereocenters. The Balaban J connectivity index is 3.77. The van der Waals surface area contributed by atoms with Gasteiger partial charge in [-0.1, -0.05) is 0 Å². The van der Waals surface area contributed by atoms with E-state index in [1.54, 1.807) is 0 Å². The van der Waals surface area contributed by atoms with Crippen molar-refractivity contribution >= 4 is 24.6 Å². The van der Waals surface area contributed by atoms with Crippen LogP contribution in [-0.4, -0.2) is 40.6 Å². The Kier molecular flexibility index (Phi) is 4.84. The van der Waals surface area contributed by atoms with Gasteiger partial charge in [0.05, 0.1) is 12.4 Å². The number of hydrogen-bond donors (Lipinski definition) is 3. The molecule has 0 spiro atoms. The SMILES string of the molecule is O=C(CS)OC(=O)C(O)CO. The average Bonchev–Trinajstić information content (AvgIpc) is 2.02. The van der Waals surface area contributed by atoms with E-state index in [1.165, 1.54) is 0 Å². The van der Waals surface area contributed by atoms with Crippen LogP contribution in [0.15, 0.2) is 0 Å². The molecular formula is C5H8O5S. The van der Waals surface area contributed by atoms with E-state index in [0.29, 0.717) is 0 Å². The van der Waals surface area contributed by atoms with Crippen LogP contribution in [0.4, 0.5) is 0 Å². The number of rotatable bonds is 3. The fraction of sp³-hybridized carbons (Fsp3) is 0.600. The maximum atomic E-state index is 10.5. The predicted molar refractivity (Wildman–Crippen MR) is 38.0 cm³/mol. The topological polar surface area (TPSA) is 83.8 Å². The van der Waals surface area contributed by atoms with E-state index in [2.05, 4.69) is 17.4 Å². The molecule has 0 heterocycles. The third kappa shape index (κ3) is 3.97. The summed E-state index contributed by atoms with van der Waals surface area (Å²) < 4.78 is 3.99. The Morgan fingerprint density at radius 1 is 1.55 bits per heavy atom. The molecule has 0 rings (SSSR count). The van der Waals surface area contributed by atoms with Gasteiger partial charge in [0.15, 0.2) is 6.10 Å². The molecule has 0 aliphatic heterocycles. The lowest BCUT2D eigenvalue weighted by molar-refractivity contribution is -0.165. The molecule has 5 nitrogen and oxygen atoms in total. The van der Waals surface area contributed by atoms with E-state index in [9.17, 15) is 9.59 Å². The fourth-order valence-corrected chi connectivity index (χ4v) is 0.352. The lowest BCUT2D eigenvalue weighted by Gasteiger charge is -2.04. The first-order valence-corrected chi connectivity index (χ1v) is 3.39. The number of carbonyl (C=O) groups excluding carboxylic acids is 2. The Labute approximate surface area is 68.4 Å². The summed E-state index contributed by atoms with van der Waals surface area (Å²) in [5.41, 5.74) is 0. The van der Waals surface area contributed by atoms with E-state index in [4.69, 9.17) is 10.2 Å². The van der Waals surface area contributed by atoms with Crippen LogP contribution in [0.1, 0.15) is 0 Å². The standard InChI is InChI=1S/C5H8O5S/c6-1-3(7)5(9)10-4(8)2-11/h3,6-7,11H,1-2H2. The molecule has 0 bridgehead atoms. The van der Waals surface area contributed by atoms with Gasteiger partial charge in [0.2, 0.25) is 0 Å². The number of aliphatic hydroxyl groups is 2. The van der Waals surface area contributed by atoms with Crippen molar-refractivity contribution in [2.45, 2.75) is 6.10 Å². The maximum absolute atomic E-state index is 10.5. The molecule has 0 aliphatic carbocycles. The van der Waals surface area contributed by atoms with Crippen LogP contribution in [-0.2, 0) is 14.3 Å². The van der Waals surface area contributed by atoms with Crippen molar-refractivity contribution in [1.29, 1.82) is 0 Å². The van der Waals surface area contributed by atoms with Crippen LogP contribution in [0.3, 0.4) is 0 Å². The highest BCUT2D eigenvalue weighted by atomic mass is 32.1. The molecule has 11 heavy (non-hydrogen) atoms. The first-order valence-electron chi connectivity index (χ1n) is 2.76. The maximum Gasteiger partial charge on any atom is 0.345 e.